The minimum atomic E-state index is -0.930. The predicted octanol–water partition coefficient (Wildman–Crippen LogP) is 1.77. The minimum absolute atomic E-state index is 0.316. The van der Waals surface area contributed by atoms with Gasteiger partial charge in [-0.1, -0.05) is 15.9 Å². The van der Waals surface area contributed by atoms with Crippen molar-refractivity contribution in [2.45, 2.75) is 12.0 Å². The quantitative estimate of drug-likeness (QED) is 0.806. The van der Waals surface area contributed by atoms with Gasteiger partial charge in [0.1, 0.15) is 11.4 Å². The maximum atomic E-state index is 13.0. The zero-order valence-corrected chi connectivity index (χ0v) is 9.14. The number of β-amino-alcohol motifs (C(OH)–C–C–N with tert-alkyl or cyclic N) is 1. The third-order valence-electron chi connectivity index (χ3n) is 2.56. The van der Waals surface area contributed by atoms with Crippen LogP contribution in [0.2, 0.25) is 0 Å². The van der Waals surface area contributed by atoms with Crippen molar-refractivity contribution < 1.29 is 9.50 Å². The number of hydrogen-bond donors (Lipinski definition) is 2. The molecule has 2 nitrogen and oxygen atoms in total. The van der Waals surface area contributed by atoms with Gasteiger partial charge in [0, 0.05) is 16.6 Å². The Hall–Kier alpha value is -0.450. The molecule has 0 bridgehead atoms. The highest BCUT2D eigenvalue weighted by Crippen LogP contribution is 2.33. The molecule has 1 aliphatic rings. The summed E-state index contributed by atoms with van der Waals surface area (Å²) in [4.78, 5) is 0. The summed E-state index contributed by atoms with van der Waals surface area (Å²) in [5, 5.41) is 13.3. The molecule has 1 fully saturated rings. The van der Waals surface area contributed by atoms with Gasteiger partial charge < -0.3 is 10.4 Å². The lowest BCUT2D eigenvalue weighted by Gasteiger charge is -2.23. The summed E-state index contributed by atoms with van der Waals surface area (Å²) in [6.45, 7) is 1.24. The molecule has 1 aromatic rings. The van der Waals surface area contributed by atoms with Crippen LogP contribution in [0.25, 0.3) is 0 Å². The molecule has 0 radical (unpaired) electrons. The number of benzene rings is 1. The van der Waals surface area contributed by atoms with E-state index < -0.39 is 5.60 Å². The highest BCUT2D eigenvalue weighted by Gasteiger charge is 2.34. The van der Waals surface area contributed by atoms with Gasteiger partial charge in [-0.3, -0.25) is 0 Å². The smallest absolute Gasteiger partial charge is 0.123 e. The molecule has 2 rings (SSSR count). The van der Waals surface area contributed by atoms with Gasteiger partial charge in [0.05, 0.1) is 0 Å². The van der Waals surface area contributed by atoms with E-state index in [1.807, 2.05) is 0 Å². The molecule has 14 heavy (non-hydrogen) atoms. The van der Waals surface area contributed by atoms with E-state index >= 15 is 0 Å². The van der Waals surface area contributed by atoms with Crippen LogP contribution in [0.1, 0.15) is 12.0 Å². The lowest BCUT2D eigenvalue weighted by molar-refractivity contribution is 0.0576. The molecule has 0 aromatic heterocycles. The maximum Gasteiger partial charge on any atom is 0.123 e. The van der Waals surface area contributed by atoms with Gasteiger partial charge in [0.25, 0.3) is 0 Å². The van der Waals surface area contributed by atoms with Crippen molar-refractivity contribution in [2.75, 3.05) is 13.1 Å². The van der Waals surface area contributed by atoms with E-state index in [1.54, 1.807) is 6.07 Å². The summed E-state index contributed by atoms with van der Waals surface area (Å²) in [6.07, 6.45) is 0.620. The Morgan fingerprint density at radius 1 is 1.50 bits per heavy atom. The average molecular weight is 260 g/mol. The Labute approximate surface area is 90.3 Å². The van der Waals surface area contributed by atoms with Gasteiger partial charge in [-0.15, -0.1) is 0 Å². The fourth-order valence-corrected chi connectivity index (χ4v) is 2.38. The number of hydrogen-bond acceptors (Lipinski definition) is 2. The number of nitrogens with one attached hydrogen (secondary N) is 1. The molecular formula is C10H11BrFNO. The molecule has 1 aromatic carbocycles. The Balaban J connectivity index is 2.44. The summed E-state index contributed by atoms with van der Waals surface area (Å²) < 4.78 is 13.8. The third kappa shape index (κ3) is 1.69. The normalized spacial score (nSPS) is 26.8. The lowest BCUT2D eigenvalue weighted by Crippen LogP contribution is -2.28. The van der Waals surface area contributed by atoms with Gasteiger partial charge in [-0.25, -0.2) is 4.39 Å². The molecule has 0 aliphatic carbocycles. The van der Waals surface area contributed by atoms with Crippen LogP contribution in [0.3, 0.4) is 0 Å². The maximum absolute atomic E-state index is 13.0. The highest BCUT2D eigenvalue weighted by atomic mass is 79.9. The molecule has 0 spiro atoms. The van der Waals surface area contributed by atoms with Gasteiger partial charge >= 0.3 is 0 Å². The third-order valence-corrected chi connectivity index (χ3v) is 3.25. The van der Waals surface area contributed by atoms with Crippen LogP contribution in [0, 0.1) is 5.82 Å². The number of halogens is 2. The molecule has 4 heteroatoms. The van der Waals surface area contributed by atoms with Crippen LogP contribution in [0.15, 0.2) is 22.7 Å². The first kappa shape index (κ1) is 10.1. The summed E-state index contributed by atoms with van der Waals surface area (Å²) in [7, 11) is 0. The van der Waals surface area contributed by atoms with Gasteiger partial charge in [-0.2, -0.15) is 0 Å². The van der Waals surface area contributed by atoms with Crippen molar-refractivity contribution in [1.82, 2.24) is 5.32 Å². The number of aliphatic hydroxyl groups is 1. The Morgan fingerprint density at radius 3 is 2.93 bits per heavy atom. The summed E-state index contributed by atoms with van der Waals surface area (Å²) in [5.74, 6) is -0.316. The Morgan fingerprint density at radius 2 is 2.29 bits per heavy atom. The zero-order chi connectivity index (χ0) is 10.2. The van der Waals surface area contributed by atoms with E-state index in [0.717, 1.165) is 11.0 Å². The van der Waals surface area contributed by atoms with Crippen molar-refractivity contribution in [3.05, 3.63) is 34.1 Å². The fraction of sp³-hybridized carbons (Fsp3) is 0.400. The van der Waals surface area contributed by atoms with Crippen LogP contribution >= 0.6 is 15.9 Å². The average Bonchev–Trinajstić information content (AvgIpc) is 2.58. The molecule has 1 saturated heterocycles. The SMILES string of the molecule is OC1(c2cc(F)ccc2Br)CCNC1. The van der Waals surface area contributed by atoms with Crippen LogP contribution in [0.5, 0.6) is 0 Å². The second-order valence-electron chi connectivity index (χ2n) is 3.58. The van der Waals surface area contributed by atoms with Crippen molar-refractivity contribution in [3.63, 3.8) is 0 Å². The molecule has 1 atom stereocenters. The van der Waals surface area contributed by atoms with Crippen LogP contribution in [-0.4, -0.2) is 18.2 Å². The topological polar surface area (TPSA) is 32.3 Å². The number of rotatable bonds is 1. The lowest BCUT2D eigenvalue weighted by atomic mass is 9.93. The first-order chi connectivity index (χ1) is 6.62. The van der Waals surface area contributed by atoms with Crippen molar-refractivity contribution >= 4 is 15.9 Å². The Kier molecular flexibility index (Phi) is 2.60. The predicted molar refractivity (Wildman–Crippen MR) is 55.5 cm³/mol. The molecule has 0 saturated carbocycles. The van der Waals surface area contributed by atoms with E-state index in [9.17, 15) is 9.50 Å². The first-order valence-electron chi connectivity index (χ1n) is 4.50. The fourth-order valence-electron chi connectivity index (χ4n) is 1.76. The van der Waals surface area contributed by atoms with Gasteiger partial charge in [0.15, 0.2) is 0 Å². The van der Waals surface area contributed by atoms with E-state index in [2.05, 4.69) is 21.2 Å². The molecule has 0 amide bonds. The second kappa shape index (κ2) is 3.61. The molecular weight excluding hydrogens is 249 g/mol. The summed E-state index contributed by atoms with van der Waals surface area (Å²) in [5.41, 5.74) is -0.302. The monoisotopic (exact) mass is 259 g/mol. The largest absolute Gasteiger partial charge is 0.384 e. The summed E-state index contributed by atoms with van der Waals surface area (Å²) >= 11 is 3.32. The van der Waals surface area contributed by atoms with Crippen LogP contribution < -0.4 is 5.32 Å². The second-order valence-corrected chi connectivity index (χ2v) is 4.44. The van der Waals surface area contributed by atoms with Crippen LogP contribution in [-0.2, 0) is 5.60 Å². The summed E-state index contributed by atoms with van der Waals surface area (Å²) in [6, 6.07) is 4.39. The van der Waals surface area contributed by atoms with Crippen molar-refractivity contribution in [2.24, 2.45) is 0 Å². The molecule has 2 N–H and O–H groups in total. The van der Waals surface area contributed by atoms with E-state index in [4.69, 9.17) is 0 Å². The molecule has 1 unspecified atom stereocenters. The molecule has 1 heterocycles. The van der Waals surface area contributed by atoms with Crippen LogP contribution in [0.4, 0.5) is 4.39 Å². The standard InChI is InChI=1S/C10H11BrFNO/c11-9-2-1-7(12)5-8(9)10(14)3-4-13-6-10/h1-2,5,13-14H,3-4,6H2. The molecule has 76 valence electrons. The van der Waals surface area contributed by atoms with Gasteiger partial charge in [0.2, 0.25) is 0 Å². The van der Waals surface area contributed by atoms with Crippen molar-refractivity contribution in [3.8, 4) is 0 Å². The Bertz CT molecular complexity index is 350. The van der Waals surface area contributed by atoms with E-state index in [0.29, 0.717) is 18.5 Å². The van der Waals surface area contributed by atoms with E-state index in [1.165, 1.54) is 12.1 Å². The molecule has 1 aliphatic heterocycles. The minimum Gasteiger partial charge on any atom is -0.384 e. The van der Waals surface area contributed by atoms with E-state index in [-0.39, 0.29) is 5.82 Å². The van der Waals surface area contributed by atoms with Gasteiger partial charge in [-0.05, 0) is 31.2 Å². The van der Waals surface area contributed by atoms with Crippen molar-refractivity contribution in [1.29, 1.82) is 0 Å². The highest BCUT2D eigenvalue weighted by molar-refractivity contribution is 9.10. The first-order valence-corrected chi connectivity index (χ1v) is 5.30. The zero-order valence-electron chi connectivity index (χ0n) is 7.56.